The Balaban J connectivity index is 0.00000144. The average molecular weight is 261 g/mol. The minimum Gasteiger partial charge on any atom is -0.317 e. The summed E-state index contributed by atoms with van der Waals surface area (Å²) in [6.07, 6.45) is 11.5. The van der Waals surface area contributed by atoms with E-state index in [1.54, 1.807) is 0 Å². The van der Waals surface area contributed by atoms with Crippen LogP contribution in [-0.4, -0.2) is 37.6 Å². The van der Waals surface area contributed by atoms with Gasteiger partial charge in [0.1, 0.15) is 0 Å². The van der Waals surface area contributed by atoms with Gasteiger partial charge in [0.15, 0.2) is 0 Å². The highest BCUT2D eigenvalue weighted by molar-refractivity contribution is 5.85. The molecule has 1 saturated carbocycles. The van der Waals surface area contributed by atoms with E-state index in [9.17, 15) is 0 Å². The number of halogens is 1. The van der Waals surface area contributed by atoms with Gasteiger partial charge in [-0.3, -0.25) is 0 Å². The summed E-state index contributed by atoms with van der Waals surface area (Å²) >= 11 is 0. The molecule has 0 aromatic carbocycles. The van der Waals surface area contributed by atoms with Crippen LogP contribution in [0.3, 0.4) is 0 Å². The van der Waals surface area contributed by atoms with Gasteiger partial charge in [-0.25, -0.2) is 0 Å². The number of rotatable bonds is 4. The Morgan fingerprint density at radius 1 is 1.00 bits per heavy atom. The second-order valence-electron chi connectivity index (χ2n) is 5.75. The zero-order valence-electron chi connectivity index (χ0n) is 11.3. The second-order valence-corrected chi connectivity index (χ2v) is 5.75. The van der Waals surface area contributed by atoms with Crippen LogP contribution in [0.15, 0.2) is 0 Å². The molecular weight excluding hydrogens is 232 g/mol. The van der Waals surface area contributed by atoms with Crippen molar-refractivity contribution < 1.29 is 0 Å². The third kappa shape index (κ3) is 5.15. The van der Waals surface area contributed by atoms with Crippen LogP contribution < -0.4 is 5.32 Å². The summed E-state index contributed by atoms with van der Waals surface area (Å²) in [6.45, 7) is 3.78. The Bertz CT molecular complexity index is 185. The third-order valence-electron chi connectivity index (χ3n) is 4.53. The van der Waals surface area contributed by atoms with Crippen LogP contribution in [0.5, 0.6) is 0 Å². The van der Waals surface area contributed by atoms with Gasteiger partial charge >= 0.3 is 0 Å². The molecule has 1 atom stereocenters. The molecule has 2 fully saturated rings. The Labute approximate surface area is 113 Å². The molecule has 1 aliphatic heterocycles. The lowest BCUT2D eigenvalue weighted by Crippen LogP contribution is -2.33. The van der Waals surface area contributed by atoms with E-state index in [1.807, 2.05) is 0 Å². The molecule has 0 spiro atoms. The van der Waals surface area contributed by atoms with Crippen molar-refractivity contribution in [1.29, 1.82) is 0 Å². The van der Waals surface area contributed by atoms with Gasteiger partial charge in [-0.2, -0.15) is 0 Å². The topological polar surface area (TPSA) is 15.3 Å². The fraction of sp³-hybridized carbons (Fsp3) is 1.00. The largest absolute Gasteiger partial charge is 0.317 e. The predicted octanol–water partition coefficient (Wildman–Crippen LogP) is 3.06. The monoisotopic (exact) mass is 260 g/mol. The molecule has 0 radical (unpaired) electrons. The molecule has 2 aliphatic rings. The van der Waals surface area contributed by atoms with Crippen molar-refractivity contribution in [3.05, 3.63) is 0 Å². The number of nitrogens with one attached hydrogen (secondary N) is 1. The van der Waals surface area contributed by atoms with E-state index in [1.165, 1.54) is 71.0 Å². The SMILES string of the molecule is CN(CCC1CCCC1)C1CCCNCC1.Cl. The molecule has 2 nitrogen and oxygen atoms in total. The van der Waals surface area contributed by atoms with Crippen molar-refractivity contribution in [3.63, 3.8) is 0 Å². The van der Waals surface area contributed by atoms with E-state index < -0.39 is 0 Å². The summed E-state index contributed by atoms with van der Waals surface area (Å²) in [5, 5.41) is 3.50. The van der Waals surface area contributed by atoms with Crippen LogP contribution in [0, 0.1) is 5.92 Å². The van der Waals surface area contributed by atoms with Gasteiger partial charge < -0.3 is 10.2 Å². The Kier molecular flexibility index (Phi) is 7.49. The van der Waals surface area contributed by atoms with Crippen molar-refractivity contribution >= 4 is 12.4 Å². The summed E-state index contributed by atoms with van der Waals surface area (Å²) in [5.41, 5.74) is 0. The van der Waals surface area contributed by atoms with Crippen LogP contribution in [-0.2, 0) is 0 Å². The van der Waals surface area contributed by atoms with Crippen LogP contribution in [0.2, 0.25) is 0 Å². The van der Waals surface area contributed by atoms with Gasteiger partial charge in [0.05, 0.1) is 0 Å². The van der Waals surface area contributed by atoms with E-state index in [-0.39, 0.29) is 12.4 Å². The van der Waals surface area contributed by atoms with E-state index in [2.05, 4.69) is 17.3 Å². The first-order chi connectivity index (χ1) is 7.86. The molecule has 0 amide bonds. The molecule has 1 saturated heterocycles. The lowest BCUT2D eigenvalue weighted by molar-refractivity contribution is 0.209. The highest BCUT2D eigenvalue weighted by Crippen LogP contribution is 2.28. The number of nitrogens with zero attached hydrogens (tertiary/aromatic N) is 1. The first-order valence-corrected chi connectivity index (χ1v) is 7.27. The van der Waals surface area contributed by atoms with E-state index in [4.69, 9.17) is 0 Å². The molecule has 1 aliphatic carbocycles. The average Bonchev–Trinajstić information content (AvgIpc) is 2.66. The molecule has 2 rings (SSSR count). The second kappa shape index (κ2) is 8.34. The number of hydrogen-bond donors (Lipinski definition) is 1. The van der Waals surface area contributed by atoms with Gasteiger partial charge in [0.25, 0.3) is 0 Å². The van der Waals surface area contributed by atoms with E-state index in [0.29, 0.717) is 0 Å². The Hall–Kier alpha value is 0.210. The number of hydrogen-bond acceptors (Lipinski definition) is 2. The highest BCUT2D eigenvalue weighted by Gasteiger charge is 2.19. The maximum absolute atomic E-state index is 3.50. The lowest BCUT2D eigenvalue weighted by atomic mass is 10.0. The lowest BCUT2D eigenvalue weighted by Gasteiger charge is -2.27. The van der Waals surface area contributed by atoms with Crippen molar-refractivity contribution in [3.8, 4) is 0 Å². The van der Waals surface area contributed by atoms with Crippen molar-refractivity contribution in [2.24, 2.45) is 5.92 Å². The summed E-state index contributed by atoms with van der Waals surface area (Å²) in [5.74, 6) is 1.05. The summed E-state index contributed by atoms with van der Waals surface area (Å²) in [7, 11) is 2.34. The summed E-state index contributed by atoms with van der Waals surface area (Å²) in [4.78, 5) is 2.63. The fourth-order valence-corrected chi connectivity index (χ4v) is 3.31. The van der Waals surface area contributed by atoms with Crippen molar-refractivity contribution in [2.75, 3.05) is 26.7 Å². The Morgan fingerprint density at radius 2 is 1.76 bits per heavy atom. The predicted molar refractivity (Wildman–Crippen MR) is 77.0 cm³/mol. The highest BCUT2D eigenvalue weighted by atomic mass is 35.5. The van der Waals surface area contributed by atoms with Crippen molar-refractivity contribution in [1.82, 2.24) is 10.2 Å². The minimum absolute atomic E-state index is 0. The quantitative estimate of drug-likeness (QED) is 0.836. The zero-order valence-corrected chi connectivity index (χ0v) is 12.1. The first-order valence-electron chi connectivity index (χ1n) is 7.27. The van der Waals surface area contributed by atoms with Crippen LogP contribution in [0.1, 0.15) is 51.4 Å². The Morgan fingerprint density at radius 3 is 2.53 bits per heavy atom. The molecule has 17 heavy (non-hydrogen) atoms. The van der Waals surface area contributed by atoms with Crippen LogP contribution in [0.4, 0.5) is 0 Å². The third-order valence-corrected chi connectivity index (χ3v) is 4.53. The normalized spacial score (nSPS) is 26.8. The van der Waals surface area contributed by atoms with Gasteiger partial charge in [-0.1, -0.05) is 25.7 Å². The molecule has 102 valence electrons. The van der Waals surface area contributed by atoms with E-state index in [0.717, 1.165) is 12.0 Å². The molecule has 1 N–H and O–H groups in total. The molecule has 3 heteroatoms. The minimum atomic E-state index is 0. The van der Waals surface area contributed by atoms with Gasteiger partial charge in [0, 0.05) is 6.04 Å². The van der Waals surface area contributed by atoms with E-state index >= 15 is 0 Å². The van der Waals surface area contributed by atoms with Crippen LogP contribution >= 0.6 is 12.4 Å². The fourth-order valence-electron chi connectivity index (χ4n) is 3.31. The van der Waals surface area contributed by atoms with Crippen LogP contribution in [0.25, 0.3) is 0 Å². The first kappa shape index (κ1) is 15.3. The summed E-state index contributed by atoms with van der Waals surface area (Å²) < 4.78 is 0. The molecular formula is C14H29ClN2. The maximum Gasteiger partial charge on any atom is 0.0105 e. The zero-order chi connectivity index (χ0) is 11.2. The summed E-state index contributed by atoms with van der Waals surface area (Å²) in [6, 6.07) is 0.844. The smallest absolute Gasteiger partial charge is 0.0105 e. The maximum atomic E-state index is 3.50. The standard InChI is InChI=1S/C14H28N2.ClH/c1-16(12-9-13-5-2-3-6-13)14-7-4-10-15-11-8-14;/h13-15H,2-12H2,1H3;1H. The van der Waals surface area contributed by atoms with Gasteiger partial charge in [-0.05, 0) is 58.3 Å². The molecule has 0 aromatic rings. The molecule has 0 aromatic heterocycles. The molecule has 1 unspecified atom stereocenters. The van der Waals surface area contributed by atoms with Crippen molar-refractivity contribution in [2.45, 2.75) is 57.4 Å². The van der Waals surface area contributed by atoms with Gasteiger partial charge in [-0.15, -0.1) is 12.4 Å². The molecule has 1 heterocycles. The molecule has 0 bridgehead atoms. The van der Waals surface area contributed by atoms with Gasteiger partial charge in [0.2, 0.25) is 0 Å².